The third-order valence-electron chi connectivity index (χ3n) is 4.71. The Morgan fingerprint density at radius 2 is 0.718 bits per heavy atom. The third kappa shape index (κ3) is 4.87. The number of nitrogen functional groups attached to an aromatic ring is 2. The molecule has 0 fully saturated rings. The first-order chi connectivity index (χ1) is 17.7. The molecule has 0 aliphatic heterocycles. The molecule has 212 valence electrons. The number of hydrogen-bond acceptors (Lipinski definition) is 4. The minimum absolute atomic E-state index is 1.04. The Balaban J connectivity index is 2.43. The summed E-state index contributed by atoms with van der Waals surface area (Å²) >= 11 is 0. The molecule has 3 aromatic carbocycles. The van der Waals surface area contributed by atoms with Crippen LogP contribution in [0.2, 0.25) is 0 Å². The summed E-state index contributed by atoms with van der Waals surface area (Å²) in [5.74, 6) is -33.9. The van der Waals surface area contributed by atoms with Gasteiger partial charge in [0.05, 0.1) is 0 Å². The molecule has 0 atom stereocenters. The van der Waals surface area contributed by atoms with Crippen molar-refractivity contribution in [2.75, 3.05) is 11.5 Å². The third-order valence-corrected chi connectivity index (χ3v) is 4.71. The number of nitrogens with two attached hydrogens (primary N) is 2. The lowest BCUT2D eigenvalue weighted by Crippen LogP contribution is -2.17. The second-order valence-corrected chi connectivity index (χ2v) is 7.14. The van der Waals surface area contributed by atoms with Crippen LogP contribution >= 0.6 is 0 Å². The molecule has 4 nitrogen and oxygen atoms in total. The van der Waals surface area contributed by atoms with Gasteiger partial charge in [-0.1, -0.05) is 0 Å². The maximum atomic E-state index is 15.2. The average molecular weight is 590 g/mol. The summed E-state index contributed by atoms with van der Waals surface area (Å²) in [6, 6.07) is -1.04. The standard InChI is InChI=1S/C20H5F15N2O2/c21-4-6(23)13(36)10(27)17(8(4)25)38-15-2(19(30,31)32)1-3(20(33,34)35)16(12(15)29)39-18-9(26)5(22)7(24)14(37)11(18)28/h1H,36-37H2. The zero-order valence-electron chi connectivity index (χ0n) is 17.7. The minimum Gasteiger partial charge on any atom is -0.447 e. The number of ether oxygens (including phenoxy) is 2. The van der Waals surface area contributed by atoms with Crippen LogP contribution in [-0.2, 0) is 12.4 Å². The van der Waals surface area contributed by atoms with E-state index >= 15 is 4.39 Å². The number of alkyl halides is 6. The van der Waals surface area contributed by atoms with E-state index in [1.807, 2.05) is 0 Å². The first kappa shape index (κ1) is 29.4. The van der Waals surface area contributed by atoms with Crippen LogP contribution in [0.3, 0.4) is 0 Å². The van der Waals surface area contributed by atoms with Gasteiger partial charge in [0.25, 0.3) is 0 Å². The van der Waals surface area contributed by atoms with E-state index in [2.05, 4.69) is 9.47 Å². The molecule has 0 aliphatic carbocycles. The molecule has 0 amide bonds. The Labute approximate surface area is 204 Å². The molecule has 39 heavy (non-hydrogen) atoms. The molecule has 0 aromatic heterocycles. The first-order valence-corrected chi connectivity index (χ1v) is 9.31. The van der Waals surface area contributed by atoms with E-state index in [1.54, 1.807) is 0 Å². The summed E-state index contributed by atoms with van der Waals surface area (Å²) in [5.41, 5.74) is 0.0263. The fourth-order valence-electron chi connectivity index (χ4n) is 2.88. The van der Waals surface area contributed by atoms with Crippen LogP contribution in [0.4, 0.5) is 77.2 Å². The van der Waals surface area contributed by atoms with Crippen molar-refractivity contribution in [3.63, 3.8) is 0 Å². The minimum atomic E-state index is -6.07. The van der Waals surface area contributed by atoms with E-state index in [1.165, 1.54) is 0 Å². The molecule has 0 unspecified atom stereocenters. The summed E-state index contributed by atoms with van der Waals surface area (Å²) in [6.45, 7) is 0. The van der Waals surface area contributed by atoms with E-state index in [4.69, 9.17) is 11.5 Å². The van der Waals surface area contributed by atoms with Crippen LogP contribution < -0.4 is 20.9 Å². The quantitative estimate of drug-likeness (QED) is 0.141. The first-order valence-electron chi connectivity index (χ1n) is 9.31. The van der Waals surface area contributed by atoms with Crippen LogP contribution in [0.25, 0.3) is 0 Å². The van der Waals surface area contributed by atoms with Gasteiger partial charge < -0.3 is 20.9 Å². The van der Waals surface area contributed by atoms with Crippen molar-refractivity contribution in [3.05, 3.63) is 69.5 Å². The van der Waals surface area contributed by atoms with Gasteiger partial charge in [0.1, 0.15) is 22.5 Å². The Bertz CT molecular complexity index is 1330. The number of benzene rings is 3. The number of hydrogen-bond donors (Lipinski definition) is 2. The zero-order chi connectivity index (χ0) is 29.9. The molecule has 0 bridgehead atoms. The smallest absolute Gasteiger partial charge is 0.420 e. The Kier molecular flexibility index (Phi) is 7.17. The number of anilines is 2. The van der Waals surface area contributed by atoms with Crippen molar-refractivity contribution in [3.8, 4) is 23.0 Å². The summed E-state index contributed by atoms with van der Waals surface area (Å²) in [6.07, 6.45) is -12.1. The average Bonchev–Trinajstić information content (AvgIpc) is 2.84. The molecule has 0 heterocycles. The van der Waals surface area contributed by atoms with Gasteiger partial charge in [0, 0.05) is 0 Å². The van der Waals surface area contributed by atoms with E-state index in [0.717, 1.165) is 0 Å². The van der Waals surface area contributed by atoms with Crippen LogP contribution in [0.1, 0.15) is 11.1 Å². The Morgan fingerprint density at radius 3 is 1.00 bits per heavy atom. The maximum Gasteiger partial charge on any atom is 0.420 e. The highest BCUT2D eigenvalue weighted by Gasteiger charge is 2.46. The van der Waals surface area contributed by atoms with Crippen molar-refractivity contribution in [1.29, 1.82) is 0 Å². The Morgan fingerprint density at radius 1 is 0.410 bits per heavy atom. The molecule has 19 heteroatoms. The van der Waals surface area contributed by atoms with Gasteiger partial charge in [0.15, 0.2) is 34.8 Å². The van der Waals surface area contributed by atoms with E-state index in [-0.39, 0.29) is 0 Å². The predicted octanol–water partition coefficient (Wildman–Crippen LogP) is 7.73. The maximum absolute atomic E-state index is 15.2. The van der Waals surface area contributed by atoms with Gasteiger partial charge in [0.2, 0.25) is 40.6 Å². The van der Waals surface area contributed by atoms with Gasteiger partial charge in [-0.15, -0.1) is 0 Å². The van der Waals surface area contributed by atoms with Gasteiger partial charge >= 0.3 is 12.4 Å². The van der Waals surface area contributed by atoms with Gasteiger partial charge in [-0.2, -0.15) is 39.5 Å². The second kappa shape index (κ2) is 9.53. The lowest BCUT2D eigenvalue weighted by Gasteiger charge is -2.22. The van der Waals surface area contributed by atoms with Crippen LogP contribution in [0.15, 0.2) is 6.07 Å². The normalized spacial score (nSPS) is 12.2. The predicted molar refractivity (Wildman–Crippen MR) is 97.9 cm³/mol. The molecule has 0 spiro atoms. The molecule has 0 aliphatic rings. The van der Waals surface area contributed by atoms with Crippen LogP contribution in [-0.4, -0.2) is 0 Å². The molecule has 0 saturated carbocycles. The van der Waals surface area contributed by atoms with Gasteiger partial charge in [-0.25, -0.2) is 26.3 Å². The molecule has 3 rings (SSSR count). The van der Waals surface area contributed by atoms with Crippen molar-refractivity contribution < 1.29 is 75.3 Å². The number of halogens is 15. The SMILES string of the molecule is Nc1c(F)c(F)c(F)c(Oc2c(C(F)(F)F)cc(C(F)(F)F)c(Oc3c(F)c(N)c(F)c(F)c3F)c2F)c1F. The summed E-state index contributed by atoms with van der Waals surface area (Å²) < 4.78 is 215. The highest BCUT2D eigenvalue weighted by Crippen LogP contribution is 2.51. The zero-order valence-corrected chi connectivity index (χ0v) is 17.7. The Hall–Kier alpha value is -4.19. The van der Waals surface area contributed by atoms with E-state index in [0.29, 0.717) is 0 Å². The lowest BCUT2D eigenvalue weighted by molar-refractivity contribution is -0.144. The highest BCUT2D eigenvalue weighted by molar-refractivity contribution is 5.57. The summed E-state index contributed by atoms with van der Waals surface area (Å²) in [5, 5.41) is 0. The highest BCUT2D eigenvalue weighted by atomic mass is 19.4. The fourth-order valence-corrected chi connectivity index (χ4v) is 2.88. The van der Waals surface area contributed by atoms with Crippen molar-refractivity contribution in [2.24, 2.45) is 0 Å². The van der Waals surface area contributed by atoms with Gasteiger partial charge in [-0.3, -0.25) is 0 Å². The lowest BCUT2D eigenvalue weighted by atomic mass is 10.1. The summed E-state index contributed by atoms with van der Waals surface area (Å²) in [7, 11) is 0. The molecular weight excluding hydrogens is 585 g/mol. The number of rotatable bonds is 4. The molecule has 4 N–H and O–H groups in total. The van der Waals surface area contributed by atoms with Crippen molar-refractivity contribution in [1.82, 2.24) is 0 Å². The van der Waals surface area contributed by atoms with Crippen LogP contribution in [0, 0.1) is 52.4 Å². The van der Waals surface area contributed by atoms with Crippen molar-refractivity contribution >= 4 is 11.4 Å². The molecule has 3 aromatic rings. The summed E-state index contributed by atoms with van der Waals surface area (Å²) in [4.78, 5) is 0. The monoisotopic (exact) mass is 590 g/mol. The van der Waals surface area contributed by atoms with Crippen molar-refractivity contribution in [2.45, 2.75) is 12.4 Å². The topological polar surface area (TPSA) is 70.5 Å². The fraction of sp³-hybridized carbons (Fsp3) is 0.100. The largest absolute Gasteiger partial charge is 0.447 e. The molecule has 0 saturated heterocycles. The second-order valence-electron chi connectivity index (χ2n) is 7.14. The molecule has 0 radical (unpaired) electrons. The van der Waals surface area contributed by atoms with Gasteiger partial charge in [-0.05, 0) is 6.07 Å². The van der Waals surface area contributed by atoms with E-state index < -0.39 is 116 Å². The van der Waals surface area contributed by atoms with Crippen LogP contribution in [0.5, 0.6) is 23.0 Å². The molecular formula is C20H5F15N2O2. The van der Waals surface area contributed by atoms with E-state index in [9.17, 15) is 61.5 Å².